The smallest absolute Gasteiger partial charge is 0.0679 e. The van der Waals surface area contributed by atoms with Crippen LogP contribution in [0.5, 0.6) is 0 Å². The van der Waals surface area contributed by atoms with Crippen LogP contribution in [0.2, 0.25) is 0 Å². The first-order valence-electron chi connectivity index (χ1n) is 9.81. The van der Waals surface area contributed by atoms with Crippen LogP contribution < -0.4 is 0 Å². The van der Waals surface area contributed by atoms with Crippen molar-refractivity contribution < 1.29 is 9.84 Å². The SMILES string of the molecule is OC1CCN(CCOC2CCC(CC3CCCCC3)CC2)C1. The number of hydrogen-bond acceptors (Lipinski definition) is 3. The second kappa shape index (κ2) is 8.65. The standard InChI is InChI=1S/C19H35NO2/c21-18-10-11-20(15-18)12-13-22-19-8-6-17(7-9-19)14-16-4-2-1-3-5-16/h16-19,21H,1-15H2. The summed E-state index contributed by atoms with van der Waals surface area (Å²) >= 11 is 0. The molecule has 0 spiro atoms. The highest BCUT2D eigenvalue weighted by Gasteiger charge is 2.25. The van der Waals surface area contributed by atoms with Gasteiger partial charge in [-0.3, -0.25) is 4.90 Å². The van der Waals surface area contributed by atoms with E-state index in [1.165, 1.54) is 64.2 Å². The van der Waals surface area contributed by atoms with Crippen LogP contribution in [0.1, 0.15) is 70.6 Å². The Labute approximate surface area is 136 Å². The van der Waals surface area contributed by atoms with Crippen LogP contribution in [0.25, 0.3) is 0 Å². The molecule has 1 N–H and O–H groups in total. The second-order valence-corrected chi connectivity index (χ2v) is 8.00. The van der Waals surface area contributed by atoms with Gasteiger partial charge in [-0.25, -0.2) is 0 Å². The summed E-state index contributed by atoms with van der Waals surface area (Å²) in [7, 11) is 0. The molecule has 3 heteroatoms. The Morgan fingerprint density at radius 2 is 1.59 bits per heavy atom. The Morgan fingerprint density at radius 3 is 2.27 bits per heavy atom. The predicted molar refractivity (Wildman–Crippen MR) is 90.0 cm³/mol. The minimum absolute atomic E-state index is 0.102. The van der Waals surface area contributed by atoms with Gasteiger partial charge in [0.05, 0.1) is 18.8 Å². The Hall–Kier alpha value is -0.120. The van der Waals surface area contributed by atoms with E-state index in [1.807, 2.05) is 0 Å². The molecule has 1 heterocycles. The lowest BCUT2D eigenvalue weighted by Gasteiger charge is -2.32. The molecule has 1 unspecified atom stereocenters. The molecule has 1 aliphatic heterocycles. The number of β-amino-alcohol motifs (C(OH)–C–C–N with tert-alkyl or cyclic N) is 1. The summed E-state index contributed by atoms with van der Waals surface area (Å²) in [5.74, 6) is 2.02. The van der Waals surface area contributed by atoms with E-state index in [9.17, 15) is 5.11 Å². The van der Waals surface area contributed by atoms with Crippen LogP contribution in [0.15, 0.2) is 0 Å². The number of likely N-dealkylation sites (tertiary alicyclic amines) is 1. The van der Waals surface area contributed by atoms with Crippen molar-refractivity contribution in [2.24, 2.45) is 11.8 Å². The molecular weight excluding hydrogens is 274 g/mol. The van der Waals surface area contributed by atoms with Gasteiger partial charge >= 0.3 is 0 Å². The topological polar surface area (TPSA) is 32.7 Å². The normalized spacial score (nSPS) is 35.0. The van der Waals surface area contributed by atoms with Crippen molar-refractivity contribution in [3.8, 4) is 0 Å². The maximum atomic E-state index is 9.53. The number of hydrogen-bond donors (Lipinski definition) is 1. The molecule has 0 aromatic carbocycles. The average molecular weight is 309 g/mol. The number of ether oxygens (including phenoxy) is 1. The van der Waals surface area contributed by atoms with E-state index in [0.717, 1.165) is 44.5 Å². The van der Waals surface area contributed by atoms with Gasteiger partial charge in [-0.1, -0.05) is 32.1 Å². The zero-order valence-electron chi connectivity index (χ0n) is 14.2. The summed E-state index contributed by atoms with van der Waals surface area (Å²) in [4.78, 5) is 2.33. The fraction of sp³-hybridized carbons (Fsp3) is 1.00. The molecule has 1 atom stereocenters. The Kier molecular flexibility index (Phi) is 6.58. The molecule has 2 aliphatic carbocycles. The molecule has 2 saturated carbocycles. The summed E-state index contributed by atoms with van der Waals surface area (Å²) in [5.41, 5.74) is 0. The average Bonchev–Trinajstić information content (AvgIpc) is 2.96. The molecule has 3 fully saturated rings. The summed E-state index contributed by atoms with van der Waals surface area (Å²) in [6.07, 6.45) is 15.6. The number of aliphatic hydroxyl groups is 1. The Balaban J connectivity index is 1.25. The predicted octanol–water partition coefficient (Wildman–Crippen LogP) is 3.60. The minimum atomic E-state index is -0.102. The van der Waals surface area contributed by atoms with Crippen LogP contribution in [-0.2, 0) is 4.74 Å². The van der Waals surface area contributed by atoms with E-state index in [-0.39, 0.29) is 6.10 Å². The molecule has 3 nitrogen and oxygen atoms in total. The molecule has 0 aromatic rings. The van der Waals surface area contributed by atoms with Crippen molar-refractivity contribution in [1.29, 1.82) is 0 Å². The van der Waals surface area contributed by atoms with Crippen LogP contribution in [-0.4, -0.2) is 48.5 Å². The van der Waals surface area contributed by atoms with Crippen molar-refractivity contribution in [2.45, 2.75) is 82.8 Å². The molecular formula is C19H35NO2. The highest BCUT2D eigenvalue weighted by molar-refractivity contribution is 4.78. The van der Waals surface area contributed by atoms with Crippen molar-refractivity contribution in [2.75, 3.05) is 26.2 Å². The lowest BCUT2D eigenvalue weighted by atomic mass is 9.77. The van der Waals surface area contributed by atoms with E-state index < -0.39 is 0 Å². The van der Waals surface area contributed by atoms with Crippen LogP contribution in [0.4, 0.5) is 0 Å². The van der Waals surface area contributed by atoms with Gasteiger partial charge in [0, 0.05) is 19.6 Å². The number of aliphatic hydroxyl groups excluding tert-OH is 1. The Morgan fingerprint density at radius 1 is 0.864 bits per heavy atom. The van der Waals surface area contributed by atoms with Gasteiger partial charge in [0.2, 0.25) is 0 Å². The van der Waals surface area contributed by atoms with Crippen LogP contribution in [0, 0.1) is 11.8 Å². The third-order valence-corrected chi connectivity index (χ3v) is 6.19. The monoisotopic (exact) mass is 309 g/mol. The highest BCUT2D eigenvalue weighted by Crippen LogP contribution is 2.35. The summed E-state index contributed by atoms with van der Waals surface area (Å²) in [6.45, 7) is 3.74. The quantitative estimate of drug-likeness (QED) is 0.814. The van der Waals surface area contributed by atoms with E-state index in [2.05, 4.69) is 4.90 Å². The van der Waals surface area contributed by atoms with Gasteiger partial charge in [-0.05, 0) is 50.4 Å². The first-order chi connectivity index (χ1) is 10.8. The van der Waals surface area contributed by atoms with Crippen molar-refractivity contribution in [1.82, 2.24) is 4.90 Å². The zero-order valence-corrected chi connectivity index (χ0v) is 14.2. The van der Waals surface area contributed by atoms with Crippen LogP contribution in [0.3, 0.4) is 0 Å². The van der Waals surface area contributed by atoms with E-state index in [1.54, 1.807) is 0 Å². The van der Waals surface area contributed by atoms with E-state index >= 15 is 0 Å². The fourth-order valence-electron chi connectivity index (χ4n) is 4.79. The first kappa shape index (κ1) is 16.7. The fourth-order valence-corrected chi connectivity index (χ4v) is 4.79. The lowest BCUT2D eigenvalue weighted by molar-refractivity contribution is 0.00580. The van der Waals surface area contributed by atoms with Gasteiger partial charge in [-0.2, -0.15) is 0 Å². The second-order valence-electron chi connectivity index (χ2n) is 8.00. The molecule has 3 aliphatic rings. The molecule has 0 aromatic heterocycles. The van der Waals surface area contributed by atoms with E-state index in [4.69, 9.17) is 4.74 Å². The zero-order chi connectivity index (χ0) is 15.2. The molecule has 3 rings (SSSR count). The third kappa shape index (κ3) is 5.21. The van der Waals surface area contributed by atoms with Gasteiger partial charge in [0.1, 0.15) is 0 Å². The van der Waals surface area contributed by atoms with Gasteiger partial charge in [-0.15, -0.1) is 0 Å². The highest BCUT2D eigenvalue weighted by atomic mass is 16.5. The van der Waals surface area contributed by atoms with Crippen molar-refractivity contribution in [3.05, 3.63) is 0 Å². The lowest BCUT2D eigenvalue weighted by Crippen LogP contribution is -2.29. The van der Waals surface area contributed by atoms with Crippen LogP contribution >= 0.6 is 0 Å². The maximum Gasteiger partial charge on any atom is 0.0679 e. The van der Waals surface area contributed by atoms with Gasteiger partial charge < -0.3 is 9.84 Å². The van der Waals surface area contributed by atoms with E-state index in [0.29, 0.717) is 6.10 Å². The summed E-state index contributed by atoms with van der Waals surface area (Å²) in [6, 6.07) is 0. The molecule has 0 radical (unpaired) electrons. The minimum Gasteiger partial charge on any atom is -0.392 e. The molecule has 0 bridgehead atoms. The number of nitrogens with zero attached hydrogens (tertiary/aromatic N) is 1. The number of rotatable bonds is 6. The molecule has 1 saturated heterocycles. The van der Waals surface area contributed by atoms with Gasteiger partial charge in [0.15, 0.2) is 0 Å². The van der Waals surface area contributed by atoms with Gasteiger partial charge in [0.25, 0.3) is 0 Å². The molecule has 0 amide bonds. The maximum absolute atomic E-state index is 9.53. The van der Waals surface area contributed by atoms with Crippen molar-refractivity contribution >= 4 is 0 Å². The summed E-state index contributed by atoms with van der Waals surface area (Å²) in [5, 5.41) is 9.53. The molecule has 128 valence electrons. The molecule has 22 heavy (non-hydrogen) atoms. The summed E-state index contributed by atoms with van der Waals surface area (Å²) < 4.78 is 6.10. The first-order valence-corrected chi connectivity index (χ1v) is 9.81. The third-order valence-electron chi connectivity index (χ3n) is 6.19. The largest absolute Gasteiger partial charge is 0.392 e. The Bertz CT molecular complexity index is 309. The van der Waals surface area contributed by atoms with Crippen molar-refractivity contribution in [3.63, 3.8) is 0 Å².